The number of rotatable bonds is 47. The van der Waals surface area contributed by atoms with Crippen molar-refractivity contribution in [3.8, 4) is 0 Å². The Kier molecular flexibility index (Phi) is 49.4. The van der Waals surface area contributed by atoms with Crippen LogP contribution < -0.4 is 0 Å². The maximum absolute atomic E-state index is 12.8. The molecule has 0 aromatic carbocycles. The number of unbranched alkanes of at least 4 members (excludes halogenated alkanes) is 26. The van der Waals surface area contributed by atoms with Crippen LogP contribution in [0.5, 0.6) is 0 Å². The molecule has 0 saturated heterocycles. The molecule has 0 aliphatic heterocycles. The summed E-state index contributed by atoms with van der Waals surface area (Å²) < 4.78 is 16.7. The molecule has 6 nitrogen and oxygen atoms in total. The van der Waals surface area contributed by atoms with Gasteiger partial charge in [-0.1, -0.05) is 247 Å². The minimum atomic E-state index is -0.801. The highest BCUT2D eigenvalue weighted by Crippen LogP contribution is 2.16. The summed E-state index contributed by atoms with van der Waals surface area (Å²) in [7, 11) is 0. The molecule has 0 aromatic heterocycles. The first-order valence-corrected chi connectivity index (χ1v) is 26.7. The smallest absolute Gasteiger partial charge is 0.306 e. The topological polar surface area (TPSA) is 78.9 Å². The van der Waals surface area contributed by atoms with E-state index in [9.17, 15) is 14.4 Å². The summed E-state index contributed by atoms with van der Waals surface area (Å²) in [5.41, 5.74) is 0. The Morgan fingerprint density at radius 3 is 1.17 bits per heavy atom. The quantitative estimate of drug-likeness (QED) is 0.0199. The number of ether oxygens (including phenoxy) is 3. The van der Waals surface area contributed by atoms with E-state index in [1.165, 1.54) is 109 Å². The van der Waals surface area contributed by atoms with Gasteiger partial charge in [-0.25, -0.2) is 0 Å². The maximum atomic E-state index is 12.8. The number of esters is 3. The molecule has 0 heterocycles. The lowest BCUT2D eigenvalue weighted by molar-refractivity contribution is -0.167. The zero-order chi connectivity index (χ0) is 46.5. The summed E-state index contributed by atoms with van der Waals surface area (Å²) in [6.45, 7) is 6.38. The van der Waals surface area contributed by atoms with E-state index < -0.39 is 6.10 Å². The Balaban J connectivity index is 4.36. The predicted molar refractivity (Wildman–Crippen MR) is 274 cm³/mol. The van der Waals surface area contributed by atoms with Crippen molar-refractivity contribution < 1.29 is 28.6 Å². The lowest BCUT2D eigenvalue weighted by atomic mass is 10.0. The minimum Gasteiger partial charge on any atom is -0.462 e. The summed E-state index contributed by atoms with van der Waals surface area (Å²) in [6, 6.07) is 0. The van der Waals surface area contributed by atoms with Crippen molar-refractivity contribution >= 4 is 17.9 Å². The van der Waals surface area contributed by atoms with E-state index in [4.69, 9.17) is 14.2 Å². The van der Waals surface area contributed by atoms with Crippen LogP contribution in [0, 0.1) is 0 Å². The molecule has 0 aromatic rings. The van der Waals surface area contributed by atoms with Gasteiger partial charge in [-0.05, 0) is 64.2 Å². The molecule has 64 heavy (non-hydrogen) atoms. The third-order valence-electron chi connectivity index (χ3n) is 11.2. The van der Waals surface area contributed by atoms with E-state index in [1.54, 1.807) is 0 Å². The van der Waals surface area contributed by atoms with Gasteiger partial charge < -0.3 is 14.2 Å². The molecular formula is C58H98O6. The van der Waals surface area contributed by atoms with Gasteiger partial charge in [-0.2, -0.15) is 0 Å². The molecule has 0 rings (SSSR count). The fourth-order valence-corrected chi connectivity index (χ4v) is 7.27. The predicted octanol–water partition coefficient (Wildman–Crippen LogP) is 17.6. The van der Waals surface area contributed by atoms with E-state index in [2.05, 4.69) is 81.5 Å². The van der Waals surface area contributed by atoms with Gasteiger partial charge in [-0.15, -0.1) is 0 Å². The first-order valence-electron chi connectivity index (χ1n) is 26.7. The van der Waals surface area contributed by atoms with Crippen molar-refractivity contribution in [3.05, 3.63) is 85.1 Å². The van der Waals surface area contributed by atoms with Crippen LogP contribution in [-0.2, 0) is 28.6 Å². The Bertz CT molecular complexity index is 1250. The van der Waals surface area contributed by atoms with Gasteiger partial charge in [0.2, 0.25) is 0 Å². The summed E-state index contributed by atoms with van der Waals surface area (Å²) in [5.74, 6) is -0.958. The van der Waals surface area contributed by atoms with Crippen LogP contribution in [0.25, 0.3) is 0 Å². The molecule has 0 N–H and O–H groups in total. The Labute approximate surface area is 395 Å². The zero-order valence-electron chi connectivity index (χ0n) is 41.8. The van der Waals surface area contributed by atoms with Crippen molar-refractivity contribution in [2.45, 2.75) is 252 Å². The second-order valence-electron chi connectivity index (χ2n) is 17.5. The van der Waals surface area contributed by atoms with E-state index in [1.807, 2.05) is 24.3 Å². The van der Waals surface area contributed by atoms with Gasteiger partial charge in [0.25, 0.3) is 0 Å². The molecule has 0 aliphatic rings. The fraction of sp³-hybridized carbons (Fsp3) is 0.707. The first-order chi connectivity index (χ1) is 31.5. The highest BCUT2D eigenvalue weighted by molar-refractivity contribution is 5.71. The summed E-state index contributed by atoms with van der Waals surface area (Å²) in [6.07, 6.45) is 67.3. The minimum absolute atomic E-state index is 0.0962. The molecule has 366 valence electrons. The molecule has 1 unspecified atom stereocenters. The monoisotopic (exact) mass is 891 g/mol. The van der Waals surface area contributed by atoms with Gasteiger partial charge in [-0.3, -0.25) is 14.4 Å². The van der Waals surface area contributed by atoms with Crippen molar-refractivity contribution in [1.29, 1.82) is 0 Å². The van der Waals surface area contributed by atoms with Crippen LogP contribution in [-0.4, -0.2) is 37.2 Å². The van der Waals surface area contributed by atoms with Crippen LogP contribution in [0.15, 0.2) is 85.1 Å². The summed E-state index contributed by atoms with van der Waals surface area (Å²) >= 11 is 0. The van der Waals surface area contributed by atoms with Gasteiger partial charge in [0.05, 0.1) is 0 Å². The highest BCUT2D eigenvalue weighted by Gasteiger charge is 2.19. The van der Waals surface area contributed by atoms with Gasteiger partial charge in [0, 0.05) is 19.3 Å². The van der Waals surface area contributed by atoms with Crippen LogP contribution in [0.3, 0.4) is 0 Å². The molecular weight excluding hydrogens is 793 g/mol. The molecule has 0 aliphatic carbocycles. The molecule has 0 radical (unpaired) electrons. The average Bonchev–Trinajstić information content (AvgIpc) is 3.29. The Morgan fingerprint density at radius 1 is 0.344 bits per heavy atom. The van der Waals surface area contributed by atoms with Crippen LogP contribution in [0.1, 0.15) is 245 Å². The Hall–Kier alpha value is -3.41. The lowest BCUT2D eigenvalue weighted by Gasteiger charge is -2.18. The van der Waals surface area contributed by atoms with Crippen LogP contribution in [0.2, 0.25) is 0 Å². The SMILES string of the molecule is CC/C=C\C/C=C\CCCCC(=O)OCC(COC(=O)CCCCCCCCCCCCCCCCCCCCC)OC(=O)CCCCCCC\C=C/C=C\C=C/C=C\C=C/CCC. The maximum Gasteiger partial charge on any atom is 0.306 e. The molecule has 0 spiro atoms. The molecule has 0 bridgehead atoms. The second kappa shape index (κ2) is 52.2. The van der Waals surface area contributed by atoms with Crippen molar-refractivity contribution in [3.63, 3.8) is 0 Å². The van der Waals surface area contributed by atoms with Crippen molar-refractivity contribution in [2.24, 2.45) is 0 Å². The van der Waals surface area contributed by atoms with Crippen molar-refractivity contribution in [2.75, 3.05) is 13.2 Å². The highest BCUT2D eigenvalue weighted by atomic mass is 16.6. The zero-order valence-corrected chi connectivity index (χ0v) is 41.8. The van der Waals surface area contributed by atoms with E-state index in [0.29, 0.717) is 19.3 Å². The Morgan fingerprint density at radius 2 is 0.703 bits per heavy atom. The first kappa shape index (κ1) is 60.6. The number of carbonyl (C=O) groups is 3. The third kappa shape index (κ3) is 49.6. The normalized spacial score (nSPS) is 12.7. The second-order valence-corrected chi connectivity index (χ2v) is 17.5. The summed E-state index contributed by atoms with van der Waals surface area (Å²) in [4.78, 5) is 37.9. The molecule has 0 saturated carbocycles. The number of hydrogen-bond donors (Lipinski definition) is 0. The van der Waals surface area contributed by atoms with Crippen LogP contribution in [0.4, 0.5) is 0 Å². The van der Waals surface area contributed by atoms with Crippen molar-refractivity contribution in [1.82, 2.24) is 0 Å². The third-order valence-corrected chi connectivity index (χ3v) is 11.2. The lowest BCUT2D eigenvalue weighted by Crippen LogP contribution is -2.30. The van der Waals surface area contributed by atoms with E-state index in [-0.39, 0.29) is 31.1 Å². The number of allylic oxidation sites excluding steroid dienone is 14. The number of hydrogen-bond acceptors (Lipinski definition) is 6. The molecule has 0 amide bonds. The number of carbonyl (C=O) groups excluding carboxylic acids is 3. The van der Waals surface area contributed by atoms with E-state index >= 15 is 0 Å². The largest absolute Gasteiger partial charge is 0.462 e. The summed E-state index contributed by atoms with van der Waals surface area (Å²) in [5, 5.41) is 0. The van der Waals surface area contributed by atoms with Gasteiger partial charge in [0.1, 0.15) is 13.2 Å². The van der Waals surface area contributed by atoms with Gasteiger partial charge in [0.15, 0.2) is 6.10 Å². The molecule has 0 fully saturated rings. The van der Waals surface area contributed by atoms with E-state index in [0.717, 1.165) is 96.3 Å². The molecule has 1 atom stereocenters. The van der Waals surface area contributed by atoms with Gasteiger partial charge >= 0.3 is 17.9 Å². The standard InChI is InChI=1S/C58H98O6/c1-4-7-10-13-16-19-21-23-25-27-29-31-32-34-36-39-42-45-48-51-57(60)63-54-55(53-62-56(59)50-47-44-41-38-18-15-12-9-6-3)64-58(61)52-49-46-43-40-37-35-33-30-28-26-24-22-20-17-14-11-8-5-2/h9,11-12,14,17-18,20,22,24,26,28,30,33,38,55H,4-8,10,13,15-16,19,21,23,25,27,29,31-32,34-37,39-54H2,1-3H3/b12-9-,14-11-,20-17-,24-22-,28-26-,33-30-,38-18-. The average molecular weight is 891 g/mol. The van der Waals surface area contributed by atoms with Crippen LogP contribution >= 0.6 is 0 Å². The molecule has 6 heteroatoms. The fourth-order valence-electron chi connectivity index (χ4n) is 7.27.